The third-order valence-corrected chi connectivity index (χ3v) is 7.26. The third-order valence-electron chi connectivity index (χ3n) is 6.54. The second-order valence-corrected chi connectivity index (χ2v) is 9.72. The van der Waals surface area contributed by atoms with Gasteiger partial charge in [-0.05, 0) is 44.2 Å². The summed E-state index contributed by atoms with van der Waals surface area (Å²) in [7, 11) is 1.27. The van der Waals surface area contributed by atoms with Crippen molar-refractivity contribution in [1.29, 1.82) is 0 Å². The van der Waals surface area contributed by atoms with Gasteiger partial charge in [-0.3, -0.25) is 19.2 Å². The number of nitrogens with zero attached hydrogens (tertiary/aromatic N) is 3. The first-order chi connectivity index (χ1) is 15.9. The van der Waals surface area contributed by atoms with Gasteiger partial charge in [0.15, 0.2) is 5.69 Å². The molecule has 1 aliphatic carbocycles. The van der Waals surface area contributed by atoms with Crippen LogP contribution >= 0.6 is 11.8 Å². The number of rotatable bonds is 5. The zero-order valence-electron chi connectivity index (χ0n) is 19.3. The molecule has 0 spiro atoms. The van der Waals surface area contributed by atoms with E-state index in [0.717, 1.165) is 30.6 Å². The number of carbonyl (C=O) groups excluding carboxylic acids is 3. The number of hydrogen-bond acceptors (Lipinski definition) is 6. The normalized spacial score (nSPS) is 21.3. The number of fused-ring (bicyclic) bond motifs is 1. The molecule has 1 fully saturated rings. The first kappa shape index (κ1) is 23.4. The van der Waals surface area contributed by atoms with Gasteiger partial charge in [-0.25, -0.2) is 4.79 Å². The number of benzene rings is 1. The highest BCUT2D eigenvalue weighted by Crippen LogP contribution is 2.35. The van der Waals surface area contributed by atoms with Gasteiger partial charge in [0.1, 0.15) is 11.2 Å². The van der Waals surface area contributed by atoms with Gasteiger partial charge in [0.2, 0.25) is 5.91 Å². The summed E-state index contributed by atoms with van der Waals surface area (Å²) in [6, 6.07) is 9.11. The molecule has 1 unspecified atom stereocenters. The van der Waals surface area contributed by atoms with Crippen molar-refractivity contribution in [2.45, 2.75) is 68.5 Å². The molecule has 2 amide bonds. The number of esters is 1. The molecular formula is C24H30N4O4S. The molecule has 1 aliphatic heterocycles. The Morgan fingerprint density at radius 1 is 1.18 bits per heavy atom. The highest BCUT2D eigenvalue weighted by Gasteiger charge is 2.49. The lowest BCUT2D eigenvalue weighted by molar-refractivity contribution is -0.127. The van der Waals surface area contributed by atoms with Crippen LogP contribution < -0.4 is 10.2 Å². The molecule has 2 aliphatic rings. The van der Waals surface area contributed by atoms with Crippen LogP contribution in [-0.4, -0.2) is 52.5 Å². The van der Waals surface area contributed by atoms with Crippen molar-refractivity contribution < 1.29 is 19.1 Å². The van der Waals surface area contributed by atoms with Crippen molar-refractivity contribution in [1.82, 2.24) is 15.1 Å². The lowest BCUT2D eigenvalue weighted by Crippen LogP contribution is -2.65. The van der Waals surface area contributed by atoms with E-state index < -0.39 is 11.5 Å². The smallest absolute Gasteiger partial charge is 0.358 e. The van der Waals surface area contributed by atoms with Gasteiger partial charge >= 0.3 is 5.97 Å². The topological polar surface area (TPSA) is 93.5 Å². The molecule has 0 bridgehead atoms. The Bertz CT molecular complexity index is 1060. The summed E-state index contributed by atoms with van der Waals surface area (Å²) in [5, 5.41) is 7.50. The largest absolute Gasteiger partial charge is 0.464 e. The first-order valence-corrected chi connectivity index (χ1v) is 12.6. The van der Waals surface area contributed by atoms with Crippen LogP contribution in [0.5, 0.6) is 0 Å². The maximum absolute atomic E-state index is 13.7. The molecule has 8 nitrogen and oxygen atoms in total. The second-order valence-electron chi connectivity index (χ2n) is 8.84. The highest BCUT2D eigenvalue weighted by atomic mass is 32.2. The van der Waals surface area contributed by atoms with Gasteiger partial charge in [-0.2, -0.15) is 5.10 Å². The summed E-state index contributed by atoms with van der Waals surface area (Å²) in [4.78, 5) is 42.1. The molecule has 2 aromatic rings. The number of nitrogens with one attached hydrogen (secondary N) is 1. The molecule has 33 heavy (non-hydrogen) atoms. The first-order valence-electron chi connectivity index (χ1n) is 11.3. The molecule has 0 radical (unpaired) electrons. The summed E-state index contributed by atoms with van der Waals surface area (Å²) in [6.07, 6.45) is 8.39. The average molecular weight is 471 g/mol. The van der Waals surface area contributed by atoms with Crippen molar-refractivity contribution in [3.05, 3.63) is 41.7 Å². The minimum Gasteiger partial charge on any atom is -0.464 e. The fraction of sp³-hybridized carbons (Fsp3) is 0.500. The Morgan fingerprint density at radius 3 is 2.58 bits per heavy atom. The van der Waals surface area contributed by atoms with E-state index in [-0.39, 0.29) is 35.8 Å². The van der Waals surface area contributed by atoms with Crippen LogP contribution in [-0.2, 0) is 16.1 Å². The Balaban J connectivity index is 1.75. The van der Waals surface area contributed by atoms with Crippen molar-refractivity contribution >= 4 is 35.2 Å². The molecule has 176 valence electrons. The monoisotopic (exact) mass is 470 g/mol. The number of aromatic nitrogens is 2. The number of amides is 2. The predicted octanol–water partition coefficient (Wildman–Crippen LogP) is 3.65. The molecule has 9 heteroatoms. The van der Waals surface area contributed by atoms with E-state index in [9.17, 15) is 14.4 Å². The number of hydrogen-bond donors (Lipinski definition) is 1. The Kier molecular flexibility index (Phi) is 6.78. The summed E-state index contributed by atoms with van der Waals surface area (Å²) in [5.74, 6) is -1.20. The van der Waals surface area contributed by atoms with Crippen LogP contribution in [0, 0.1) is 0 Å². The lowest BCUT2D eigenvalue weighted by atomic mass is 9.93. The van der Waals surface area contributed by atoms with Gasteiger partial charge < -0.3 is 10.1 Å². The molecule has 1 aromatic heterocycles. The molecule has 1 atom stereocenters. The van der Waals surface area contributed by atoms with Gasteiger partial charge in [-0.15, -0.1) is 11.8 Å². The molecule has 1 aromatic carbocycles. The predicted molar refractivity (Wildman–Crippen MR) is 127 cm³/mol. The lowest BCUT2D eigenvalue weighted by Gasteiger charge is -2.43. The van der Waals surface area contributed by atoms with Crippen LogP contribution in [0.1, 0.15) is 66.4 Å². The van der Waals surface area contributed by atoms with Crippen LogP contribution in [0.3, 0.4) is 0 Å². The van der Waals surface area contributed by atoms with E-state index in [4.69, 9.17) is 4.74 Å². The SMILES string of the molecule is COC(=O)c1cc2n(n1)CC(C)(C(=O)NC1CCCCCC1)N(c1cccc(SC)c1)C2=O. The molecular weight excluding hydrogens is 440 g/mol. The van der Waals surface area contributed by atoms with Crippen LogP contribution in [0.25, 0.3) is 0 Å². The van der Waals surface area contributed by atoms with Crippen molar-refractivity contribution in [3.63, 3.8) is 0 Å². The maximum Gasteiger partial charge on any atom is 0.358 e. The third kappa shape index (κ3) is 4.51. The second kappa shape index (κ2) is 9.59. The summed E-state index contributed by atoms with van der Waals surface area (Å²) in [6.45, 7) is 1.90. The van der Waals surface area contributed by atoms with E-state index in [0.29, 0.717) is 5.69 Å². The average Bonchev–Trinajstić information content (AvgIpc) is 3.07. The van der Waals surface area contributed by atoms with E-state index in [2.05, 4.69) is 10.4 Å². The number of thioether (sulfide) groups is 1. The zero-order chi connectivity index (χ0) is 23.6. The molecule has 1 N–H and O–H groups in total. The minimum absolute atomic E-state index is 0.0482. The molecule has 0 saturated heterocycles. The van der Waals surface area contributed by atoms with E-state index in [1.165, 1.54) is 30.7 Å². The highest BCUT2D eigenvalue weighted by molar-refractivity contribution is 7.98. The van der Waals surface area contributed by atoms with Crippen molar-refractivity contribution in [2.75, 3.05) is 18.3 Å². The fourth-order valence-electron chi connectivity index (χ4n) is 4.70. The number of methoxy groups -OCH3 is 1. The van der Waals surface area contributed by atoms with Crippen LogP contribution in [0.4, 0.5) is 5.69 Å². The van der Waals surface area contributed by atoms with Crippen molar-refractivity contribution in [2.24, 2.45) is 0 Å². The van der Waals surface area contributed by atoms with Crippen LogP contribution in [0.15, 0.2) is 35.2 Å². The fourth-order valence-corrected chi connectivity index (χ4v) is 5.16. The molecule has 2 heterocycles. The van der Waals surface area contributed by atoms with Gasteiger partial charge in [0.25, 0.3) is 5.91 Å². The van der Waals surface area contributed by atoms with Crippen LogP contribution in [0.2, 0.25) is 0 Å². The quantitative estimate of drug-likeness (QED) is 0.407. The summed E-state index contributed by atoms with van der Waals surface area (Å²) >= 11 is 1.57. The zero-order valence-corrected chi connectivity index (χ0v) is 20.1. The summed E-state index contributed by atoms with van der Waals surface area (Å²) < 4.78 is 6.24. The number of ether oxygens (including phenoxy) is 1. The molecule has 1 saturated carbocycles. The molecule has 4 rings (SSSR count). The maximum atomic E-state index is 13.7. The van der Waals surface area contributed by atoms with Crippen molar-refractivity contribution in [3.8, 4) is 0 Å². The number of carbonyl (C=O) groups is 3. The Hall–Kier alpha value is -2.81. The minimum atomic E-state index is -1.22. The summed E-state index contributed by atoms with van der Waals surface area (Å²) in [5.41, 5.74) is -0.276. The van der Waals surface area contributed by atoms with E-state index in [1.54, 1.807) is 23.6 Å². The van der Waals surface area contributed by atoms with Gasteiger partial charge in [0.05, 0.1) is 13.7 Å². The van der Waals surface area contributed by atoms with E-state index >= 15 is 0 Å². The van der Waals surface area contributed by atoms with Gasteiger partial charge in [-0.1, -0.05) is 31.7 Å². The van der Waals surface area contributed by atoms with Gasteiger partial charge in [0, 0.05) is 22.7 Å². The Labute approximate surface area is 198 Å². The Morgan fingerprint density at radius 2 is 1.91 bits per heavy atom. The number of anilines is 1. The standard InChI is InChI=1S/C24H30N4O4S/c1-24(23(31)25-16-9-6-4-5-7-10-16)15-27-20(14-19(26-27)22(30)32-2)21(29)28(24)17-11-8-12-18(13-17)33-3/h8,11-14,16H,4-7,9-10,15H2,1-3H3,(H,25,31). The van der Waals surface area contributed by atoms with E-state index in [1.807, 2.05) is 30.5 Å².